The highest BCUT2D eigenvalue weighted by Crippen LogP contribution is 2.24. The first-order chi connectivity index (χ1) is 7.18. The molecule has 0 radical (unpaired) electrons. The summed E-state index contributed by atoms with van der Waals surface area (Å²) < 4.78 is 4.51. The van der Waals surface area contributed by atoms with Crippen molar-refractivity contribution in [3.8, 4) is 0 Å². The molecule has 0 aliphatic carbocycles. The van der Waals surface area contributed by atoms with Crippen LogP contribution in [0, 0.1) is 5.92 Å². The minimum Gasteiger partial charge on any atom is -0.389 e. The molecule has 0 bridgehead atoms. The van der Waals surface area contributed by atoms with Crippen LogP contribution in [-0.4, -0.2) is 11.9 Å². The molecule has 0 saturated carbocycles. The van der Waals surface area contributed by atoms with Crippen molar-refractivity contribution in [3.63, 3.8) is 0 Å². The molecule has 1 unspecified atom stereocenters. The molecule has 1 aromatic rings. The molecule has 1 aliphatic rings. The average molecular weight is 202 g/mol. The van der Waals surface area contributed by atoms with Crippen LogP contribution in [0.3, 0.4) is 0 Å². The fraction of sp³-hybridized carbons (Fsp3) is 0.167. The Labute approximate surface area is 87.4 Å². The highest BCUT2D eigenvalue weighted by molar-refractivity contribution is 6.10. The molecule has 76 valence electrons. The van der Waals surface area contributed by atoms with E-state index >= 15 is 0 Å². The van der Waals surface area contributed by atoms with Gasteiger partial charge in [0.05, 0.1) is 11.5 Å². The summed E-state index contributed by atoms with van der Waals surface area (Å²) in [6, 6.07) is 9.38. The molecule has 1 atom stereocenters. The summed E-state index contributed by atoms with van der Waals surface area (Å²) in [6.45, 7) is 1.67. The zero-order valence-corrected chi connectivity index (χ0v) is 8.27. The van der Waals surface area contributed by atoms with Gasteiger partial charge in [0, 0.05) is 0 Å². The van der Waals surface area contributed by atoms with E-state index in [9.17, 15) is 9.59 Å². The minimum atomic E-state index is -0.531. The SMILES string of the molecule is CC1C(=O)OC(=O)/C1=C/c1ccccc1. The summed E-state index contributed by atoms with van der Waals surface area (Å²) in [6.07, 6.45) is 1.69. The Morgan fingerprint density at radius 1 is 1.20 bits per heavy atom. The topological polar surface area (TPSA) is 43.4 Å². The lowest BCUT2D eigenvalue weighted by molar-refractivity contribution is -0.152. The van der Waals surface area contributed by atoms with Gasteiger partial charge in [-0.1, -0.05) is 30.3 Å². The summed E-state index contributed by atoms with van der Waals surface area (Å²) >= 11 is 0. The Morgan fingerprint density at radius 2 is 1.87 bits per heavy atom. The maximum atomic E-state index is 11.3. The molecule has 1 saturated heterocycles. The Morgan fingerprint density at radius 3 is 2.40 bits per heavy atom. The summed E-state index contributed by atoms with van der Waals surface area (Å²) in [5.41, 5.74) is 1.32. The largest absolute Gasteiger partial charge is 0.389 e. The predicted molar refractivity (Wildman–Crippen MR) is 54.7 cm³/mol. The van der Waals surface area contributed by atoms with Gasteiger partial charge in [0.1, 0.15) is 0 Å². The van der Waals surface area contributed by atoms with Crippen LogP contribution < -0.4 is 0 Å². The quantitative estimate of drug-likeness (QED) is 0.396. The first kappa shape index (κ1) is 9.65. The van der Waals surface area contributed by atoms with Crippen molar-refractivity contribution in [2.45, 2.75) is 6.92 Å². The van der Waals surface area contributed by atoms with Crippen LogP contribution in [0.1, 0.15) is 12.5 Å². The van der Waals surface area contributed by atoms with Crippen LogP contribution in [0.2, 0.25) is 0 Å². The van der Waals surface area contributed by atoms with Crippen molar-refractivity contribution in [2.75, 3.05) is 0 Å². The molecule has 1 fully saturated rings. The van der Waals surface area contributed by atoms with E-state index in [4.69, 9.17) is 0 Å². The third-order valence-corrected chi connectivity index (χ3v) is 2.37. The number of carbonyl (C=O) groups excluding carboxylic acids is 2. The van der Waals surface area contributed by atoms with Crippen molar-refractivity contribution in [3.05, 3.63) is 41.5 Å². The van der Waals surface area contributed by atoms with Crippen molar-refractivity contribution < 1.29 is 14.3 Å². The smallest absolute Gasteiger partial charge is 0.342 e. The number of cyclic esters (lactones) is 2. The van der Waals surface area contributed by atoms with Gasteiger partial charge in [0.2, 0.25) is 0 Å². The normalized spacial score (nSPS) is 23.3. The van der Waals surface area contributed by atoms with E-state index in [1.54, 1.807) is 13.0 Å². The van der Waals surface area contributed by atoms with Gasteiger partial charge in [0.25, 0.3) is 0 Å². The highest BCUT2D eigenvalue weighted by Gasteiger charge is 2.35. The Hall–Kier alpha value is -1.90. The van der Waals surface area contributed by atoms with E-state index in [0.29, 0.717) is 5.57 Å². The van der Waals surface area contributed by atoms with Gasteiger partial charge >= 0.3 is 11.9 Å². The van der Waals surface area contributed by atoms with Crippen LogP contribution >= 0.6 is 0 Å². The maximum Gasteiger partial charge on any atom is 0.342 e. The van der Waals surface area contributed by atoms with Gasteiger partial charge < -0.3 is 4.74 Å². The average Bonchev–Trinajstić information content (AvgIpc) is 2.47. The summed E-state index contributed by atoms with van der Waals surface area (Å²) in [5.74, 6) is -1.46. The third kappa shape index (κ3) is 1.81. The van der Waals surface area contributed by atoms with Gasteiger partial charge in [0.15, 0.2) is 0 Å². The Balaban J connectivity index is 2.35. The fourth-order valence-corrected chi connectivity index (χ4v) is 1.46. The summed E-state index contributed by atoms with van der Waals surface area (Å²) in [7, 11) is 0. The lowest BCUT2D eigenvalue weighted by Gasteiger charge is -1.97. The number of rotatable bonds is 1. The van der Waals surface area contributed by atoms with Gasteiger partial charge in [-0.15, -0.1) is 0 Å². The summed E-state index contributed by atoms with van der Waals surface area (Å²) in [5, 5.41) is 0. The molecule has 1 aromatic carbocycles. The first-order valence-corrected chi connectivity index (χ1v) is 4.71. The van der Waals surface area contributed by atoms with E-state index in [1.165, 1.54) is 0 Å². The zero-order valence-electron chi connectivity index (χ0n) is 8.27. The van der Waals surface area contributed by atoms with Crippen LogP contribution in [0.5, 0.6) is 0 Å². The van der Waals surface area contributed by atoms with Crippen LogP contribution in [-0.2, 0) is 14.3 Å². The molecule has 1 aliphatic heterocycles. The molecule has 2 rings (SSSR count). The van der Waals surface area contributed by atoms with Gasteiger partial charge in [-0.2, -0.15) is 0 Å². The van der Waals surface area contributed by atoms with E-state index < -0.39 is 17.9 Å². The van der Waals surface area contributed by atoms with Crippen molar-refractivity contribution in [1.29, 1.82) is 0 Å². The summed E-state index contributed by atoms with van der Waals surface area (Å²) in [4.78, 5) is 22.4. The first-order valence-electron chi connectivity index (χ1n) is 4.71. The second-order valence-electron chi connectivity index (χ2n) is 3.44. The van der Waals surface area contributed by atoms with Crippen molar-refractivity contribution in [2.24, 2.45) is 5.92 Å². The number of ether oxygens (including phenoxy) is 1. The molecular formula is C12H10O3. The van der Waals surface area contributed by atoms with Crippen LogP contribution in [0.4, 0.5) is 0 Å². The molecule has 3 heteroatoms. The molecule has 1 heterocycles. The van der Waals surface area contributed by atoms with Crippen molar-refractivity contribution in [1.82, 2.24) is 0 Å². The minimum absolute atomic E-state index is 0.422. The number of hydrogen-bond donors (Lipinski definition) is 0. The number of esters is 2. The molecule has 15 heavy (non-hydrogen) atoms. The van der Waals surface area contributed by atoms with Crippen LogP contribution in [0.15, 0.2) is 35.9 Å². The molecule has 0 spiro atoms. The third-order valence-electron chi connectivity index (χ3n) is 2.37. The standard InChI is InChI=1S/C12H10O3/c1-8-10(12(14)15-11(8)13)7-9-5-3-2-4-6-9/h2-8H,1H3/b10-7+. The van der Waals surface area contributed by atoms with Crippen molar-refractivity contribution >= 4 is 18.0 Å². The predicted octanol–water partition coefficient (Wildman–Crippen LogP) is 1.79. The lowest BCUT2D eigenvalue weighted by atomic mass is 10.0. The second kappa shape index (κ2) is 3.69. The fourth-order valence-electron chi connectivity index (χ4n) is 1.46. The lowest BCUT2D eigenvalue weighted by Crippen LogP contribution is -2.03. The zero-order chi connectivity index (χ0) is 10.8. The van der Waals surface area contributed by atoms with E-state index in [2.05, 4.69) is 4.74 Å². The van der Waals surface area contributed by atoms with Gasteiger partial charge in [-0.25, -0.2) is 4.79 Å². The highest BCUT2D eigenvalue weighted by atomic mass is 16.6. The van der Waals surface area contributed by atoms with Gasteiger partial charge in [-0.3, -0.25) is 4.79 Å². The molecule has 0 amide bonds. The number of carbonyl (C=O) groups is 2. The maximum absolute atomic E-state index is 11.3. The number of benzene rings is 1. The molecule has 3 nitrogen and oxygen atoms in total. The van der Waals surface area contributed by atoms with E-state index in [1.807, 2.05) is 30.3 Å². The second-order valence-corrected chi connectivity index (χ2v) is 3.44. The monoisotopic (exact) mass is 202 g/mol. The molecule has 0 N–H and O–H groups in total. The van der Waals surface area contributed by atoms with Crippen LogP contribution in [0.25, 0.3) is 6.08 Å². The van der Waals surface area contributed by atoms with Gasteiger partial charge in [-0.05, 0) is 18.6 Å². The number of hydrogen-bond acceptors (Lipinski definition) is 3. The van der Waals surface area contributed by atoms with E-state index in [-0.39, 0.29) is 0 Å². The Bertz CT molecular complexity index is 431. The molecule has 0 aromatic heterocycles. The van der Waals surface area contributed by atoms with E-state index in [0.717, 1.165) is 5.56 Å². The Kier molecular flexibility index (Phi) is 2.37. The molecular weight excluding hydrogens is 192 g/mol.